The van der Waals surface area contributed by atoms with E-state index in [1.807, 2.05) is 30.3 Å². The summed E-state index contributed by atoms with van der Waals surface area (Å²) < 4.78 is 5.55. The normalized spacial score (nSPS) is 13.8. The lowest BCUT2D eigenvalue weighted by molar-refractivity contribution is -0.150. The monoisotopic (exact) mass is 263 g/mol. The molecule has 0 radical (unpaired) electrons. The number of hydrogen-bond donors (Lipinski definition) is 1. The van der Waals surface area contributed by atoms with Crippen LogP contribution in [-0.2, 0) is 9.53 Å². The molecule has 0 unspecified atom stereocenters. The van der Waals surface area contributed by atoms with Gasteiger partial charge in [-0.2, -0.15) is 0 Å². The fourth-order valence-corrected chi connectivity index (χ4v) is 2.38. The summed E-state index contributed by atoms with van der Waals surface area (Å²) in [5.41, 5.74) is 6.62. The van der Waals surface area contributed by atoms with Gasteiger partial charge in [-0.1, -0.05) is 43.7 Å². The standard InChI is InChI=1S/C16H25NO2/c1-3-14(9-7-8-12-17)16(19-13(2)18)15-10-5-4-6-11-15/h4-6,10-11,14,16H,3,7-9,12,17H2,1-2H3/t14-,16+/m0/s1. The number of nitrogens with two attached hydrogens (primary N) is 1. The summed E-state index contributed by atoms with van der Waals surface area (Å²) in [7, 11) is 0. The van der Waals surface area contributed by atoms with Gasteiger partial charge in [0.1, 0.15) is 6.10 Å². The second kappa shape index (κ2) is 8.70. The van der Waals surface area contributed by atoms with Crippen LogP contribution in [0.1, 0.15) is 51.2 Å². The van der Waals surface area contributed by atoms with Gasteiger partial charge < -0.3 is 10.5 Å². The fraction of sp³-hybridized carbons (Fsp3) is 0.562. The van der Waals surface area contributed by atoms with E-state index >= 15 is 0 Å². The summed E-state index contributed by atoms with van der Waals surface area (Å²) in [6.07, 6.45) is 4.01. The lowest BCUT2D eigenvalue weighted by Crippen LogP contribution is -2.18. The van der Waals surface area contributed by atoms with Gasteiger partial charge in [-0.15, -0.1) is 0 Å². The number of benzene rings is 1. The SMILES string of the molecule is CC[C@@H](CCCCN)[C@@H](OC(C)=O)c1ccccc1. The summed E-state index contributed by atoms with van der Waals surface area (Å²) in [6.45, 7) is 4.34. The Hall–Kier alpha value is -1.35. The minimum atomic E-state index is -0.217. The predicted octanol–water partition coefficient (Wildman–Crippen LogP) is 3.45. The highest BCUT2D eigenvalue weighted by Gasteiger charge is 2.24. The first-order chi connectivity index (χ1) is 9.19. The molecule has 2 atom stereocenters. The molecule has 0 fully saturated rings. The van der Waals surface area contributed by atoms with Gasteiger partial charge in [-0.25, -0.2) is 0 Å². The molecule has 0 heterocycles. The minimum Gasteiger partial charge on any atom is -0.457 e. The molecule has 0 saturated carbocycles. The molecule has 0 aliphatic heterocycles. The van der Waals surface area contributed by atoms with E-state index in [4.69, 9.17) is 10.5 Å². The van der Waals surface area contributed by atoms with Crippen molar-refractivity contribution in [2.75, 3.05) is 6.54 Å². The molecule has 0 aliphatic rings. The molecular weight excluding hydrogens is 238 g/mol. The number of esters is 1. The number of hydrogen-bond acceptors (Lipinski definition) is 3. The Morgan fingerprint density at radius 3 is 2.47 bits per heavy atom. The van der Waals surface area contributed by atoms with Gasteiger partial charge in [0.15, 0.2) is 0 Å². The van der Waals surface area contributed by atoms with E-state index in [0.717, 1.165) is 37.8 Å². The van der Waals surface area contributed by atoms with Gasteiger partial charge in [-0.05, 0) is 37.3 Å². The van der Waals surface area contributed by atoms with Crippen molar-refractivity contribution in [1.82, 2.24) is 0 Å². The van der Waals surface area contributed by atoms with Crippen LogP contribution in [-0.4, -0.2) is 12.5 Å². The first kappa shape index (κ1) is 15.7. The number of carbonyl (C=O) groups excluding carboxylic acids is 1. The van der Waals surface area contributed by atoms with Crippen LogP contribution in [0.3, 0.4) is 0 Å². The van der Waals surface area contributed by atoms with Crippen molar-refractivity contribution in [3.8, 4) is 0 Å². The Morgan fingerprint density at radius 1 is 1.26 bits per heavy atom. The highest BCUT2D eigenvalue weighted by atomic mass is 16.5. The van der Waals surface area contributed by atoms with Crippen LogP contribution in [0, 0.1) is 5.92 Å². The quantitative estimate of drug-likeness (QED) is 0.577. The van der Waals surface area contributed by atoms with Crippen molar-refractivity contribution in [2.45, 2.75) is 45.6 Å². The second-order valence-corrected chi connectivity index (χ2v) is 4.89. The Balaban J connectivity index is 2.78. The number of rotatable bonds is 8. The van der Waals surface area contributed by atoms with Crippen molar-refractivity contribution in [3.05, 3.63) is 35.9 Å². The Labute approximate surface area is 116 Å². The lowest BCUT2D eigenvalue weighted by atomic mass is 9.89. The fourth-order valence-electron chi connectivity index (χ4n) is 2.38. The lowest BCUT2D eigenvalue weighted by Gasteiger charge is -2.26. The van der Waals surface area contributed by atoms with Crippen LogP contribution in [0.25, 0.3) is 0 Å². The van der Waals surface area contributed by atoms with Crippen molar-refractivity contribution < 1.29 is 9.53 Å². The highest BCUT2D eigenvalue weighted by Crippen LogP contribution is 2.32. The summed E-state index contributed by atoms with van der Waals surface area (Å²) in [5.74, 6) is 0.143. The van der Waals surface area contributed by atoms with Crippen LogP contribution in [0.2, 0.25) is 0 Å². The van der Waals surface area contributed by atoms with E-state index in [0.29, 0.717) is 5.92 Å². The third kappa shape index (κ3) is 5.43. The van der Waals surface area contributed by atoms with Crippen molar-refractivity contribution >= 4 is 5.97 Å². The Bertz CT molecular complexity index is 364. The topological polar surface area (TPSA) is 52.3 Å². The van der Waals surface area contributed by atoms with E-state index in [9.17, 15) is 4.79 Å². The van der Waals surface area contributed by atoms with Gasteiger partial charge in [0.05, 0.1) is 0 Å². The van der Waals surface area contributed by atoms with Gasteiger partial charge >= 0.3 is 5.97 Å². The molecule has 0 saturated heterocycles. The number of carbonyl (C=O) groups is 1. The van der Waals surface area contributed by atoms with Crippen molar-refractivity contribution in [3.63, 3.8) is 0 Å². The highest BCUT2D eigenvalue weighted by molar-refractivity contribution is 5.66. The van der Waals surface area contributed by atoms with Crippen molar-refractivity contribution in [2.24, 2.45) is 11.7 Å². The molecule has 1 rings (SSSR count). The molecule has 19 heavy (non-hydrogen) atoms. The Kier molecular flexibility index (Phi) is 7.19. The minimum absolute atomic E-state index is 0.138. The van der Waals surface area contributed by atoms with Crippen LogP contribution in [0.4, 0.5) is 0 Å². The Morgan fingerprint density at radius 2 is 1.95 bits per heavy atom. The molecule has 1 aromatic carbocycles. The first-order valence-electron chi connectivity index (χ1n) is 7.11. The first-order valence-corrected chi connectivity index (χ1v) is 7.11. The average molecular weight is 263 g/mol. The van der Waals surface area contributed by atoms with E-state index in [1.54, 1.807) is 0 Å². The second-order valence-electron chi connectivity index (χ2n) is 4.89. The molecule has 0 aromatic heterocycles. The zero-order valence-electron chi connectivity index (χ0n) is 12.0. The molecule has 2 N–H and O–H groups in total. The van der Waals surface area contributed by atoms with Crippen LogP contribution in [0.5, 0.6) is 0 Å². The maximum Gasteiger partial charge on any atom is 0.303 e. The zero-order chi connectivity index (χ0) is 14.1. The van der Waals surface area contributed by atoms with E-state index < -0.39 is 0 Å². The molecular formula is C16H25NO2. The van der Waals surface area contributed by atoms with Crippen LogP contribution < -0.4 is 5.73 Å². The molecule has 3 nitrogen and oxygen atoms in total. The molecule has 0 amide bonds. The maximum absolute atomic E-state index is 11.3. The third-order valence-electron chi connectivity index (χ3n) is 3.40. The number of ether oxygens (including phenoxy) is 1. The van der Waals surface area contributed by atoms with Gasteiger partial charge in [0.25, 0.3) is 0 Å². The molecule has 106 valence electrons. The summed E-state index contributed by atoms with van der Waals surface area (Å²) >= 11 is 0. The largest absolute Gasteiger partial charge is 0.457 e. The van der Waals surface area contributed by atoms with Crippen LogP contribution in [0.15, 0.2) is 30.3 Å². The van der Waals surface area contributed by atoms with E-state index in [-0.39, 0.29) is 12.1 Å². The van der Waals surface area contributed by atoms with Gasteiger partial charge in [0.2, 0.25) is 0 Å². The zero-order valence-corrected chi connectivity index (χ0v) is 12.0. The smallest absolute Gasteiger partial charge is 0.303 e. The summed E-state index contributed by atoms with van der Waals surface area (Å²) in [5, 5.41) is 0. The third-order valence-corrected chi connectivity index (χ3v) is 3.40. The average Bonchev–Trinajstić information content (AvgIpc) is 2.42. The predicted molar refractivity (Wildman–Crippen MR) is 77.6 cm³/mol. The van der Waals surface area contributed by atoms with Gasteiger partial charge in [-0.3, -0.25) is 4.79 Å². The van der Waals surface area contributed by atoms with E-state index in [1.165, 1.54) is 6.92 Å². The van der Waals surface area contributed by atoms with Gasteiger partial charge in [0, 0.05) is 6.92 Å². The molecule has 0 bridgehead atoms. The molecule has 1 aromatic rings. The van der Waals surface area contributed by atoms with E-state index in [2.05, 4.69) is 6.92 Å². The molecule has 0 spiro atoms. The number of unbranched alkanes of at least 4 members (excludes halogenated alkanes) is 1. The summed E-state index contributed by atoms with van der Waals surface area (Å²) in [6, 6.07) is 10.00. The molecule has 3 heteroatoms. The molecule has 0 aliphatic carbocycles. The van der Waals surface area contributed by atoms with Crippen molar-refractivity contribution in [1.29, 1.82) is 0 Å². The van der Waals surface area contributed by atoms with Crippen LogP contribution >= 0.6 is 0 Å². The summed E-state index contributed by atoms with van der Waals surface area (Å²) in [4.78, 5) is 11.3. The maximum atomic E-state index is 11.3.